The zero-order valence-electron chi connectivity index (χ0n) is 15.5. The molecule has 0 spiro atoms. The molecule has 3 amide bonds. The van der Waals surface area contributed by atoms with E-state index in [1.54, 1.807) is 39.2 Å². The fourth-order valence-electron chi connectivity index (χ4n) is 2.91. The lowest BCUT2D eigenvalue weighted by molar-refractivity contribution is -0.123. The highest BCUT2D eigenvalue weighted by Gasteiger charge is 2.33. The fourth-order valence-corrected chi connectivity index (χ4v) is 3.90. The van der Waals surface area contributed by atoms with Gasteiger partial charge in [0.25, 0.3) is 5.91 Å². The molecule has 1 atom stereocenters. The predicted molar refractivity (Wildman–Crippen MR) is 102 cm³/mol. The zero-order valence-corrected chi connectivity index (χ0v) is 16.3. The maximum atomic E-state index is 12.8. The summed E-state index contributed by atoms with van der Waals surface area (Å²) in [4.78, 5) is 43.3. The van der Waals surface area contributed by atoms with Crippen molar-refractivity contribution in [2.75, 3.05) is 31.8 Å². The van der Waals surface area contributed by atoms with Crippen molar-refractivity contribution in [3.8, 4) is 5.75 Å². The summed E-state index contributed by atoms with van der Waals surface area (Å²) >= 11 is 1.12. The number of carbonyl (C=O) groups is 3. The van der Waals surface area contributed by atoms with E-state index in [4.69, 9.17) is 4.74 Å². The van der Waals surface area contributed by atoms with Gasteiger partial charge in [0.1, 0.15) is 10.6 Å². The Balaban J connectivity index is 1.87. The molecular weight excluding hydrogens is 368 g/mol. The first-order valence-corrected chi connectivity index (χ1v) is 9.10. The Labute approximate surface area is 160 Å². The van der Waals surface area contributed by atoms with Gasteiger partial charge in [-0.3, -0.25) is 14.4 Å². The average Bonchev–Trinajstić information content (AvgIpc) is 2.99. The molecule has 1 aromatic carbocycles. The minimum Gasteiger partial charge on any atom is -0.495 e. The number of rotatable bonds is 4. The van der Waals surface area contributed by atoms with Gasteiger partial charge >= 0.3 is 0 Å². The maximum absolute atomic E-state index is 12.8. The summed E-state index contributed by atoms with van der Waals surface area (Å²) in [6, 6.07) is 5.29. The molecule has 2 heterocycles. The minimum atomic E-state index is -0.666. The van der Waals surface area contributed by atoms with Gasteiger partial charge in [0.05, 0.1) is 24.4 Å². The van der Waals surface area contributed by atoms with Crippen LogP contribution in [0.4, 0.5) is 10.8 Å². The summed E-state index contributed by atoms with van der Waals surface area (Å²) in [5.41, 5.74) is 1.75. The summed E-state index contributed by atoms with van der Waals surface area (Å²) in [7, 11) is 4.82. The minimum absolute atomic E-state index is 0.0276. The number of nitrogens with one attached hydrogen (secondary N) is 2. The lowest BCUT2D eigenvalue weighted by atomic mass is 9.89. The van der Waals surface area contributed by atoms with E-state index in [1.807, 2.05) is 0 Å². The molecular formula is C18H20N4O4S. The third kappa shape index (κ3) is 3.63. The molecule has 142 valence electrons. The number of hydrogen-bond donors (Lipinski definition) is 2. The van der Waals surface area contributed by atoms with Gasteiger partial charge in [-0.2, -0.15) is 0 Å². The van der Waals surface area contributed by atoms with Crippen molar-refractivity contribution >= 4 is 39.9 Å². The number of ether oxygens (including phenoxy) is 1. The second-order valence-corrected chi connectivity index (χ2v) is 7.35. The van der Waals surface area contributed by atoms with Crippen molar-refractivity contribution < 1.29 is 19.1 Å². The quantitative estimate of drug-likeness (QED) is 0.836. The van der Waals surface area contributed by atoms with E-state index in [9.17, 15) is 14.4 Å². The summed E-state index contributed by atoms with van der Waals surface area (Å²) in [5, 5.41) is 5.84. The van der Waals surface area contributed by atoms with E-state index in [-0.39, 0.29) is 24.1 Å². The van der Waals surface area contributed by atoms with Gasteiger partial charge in [-0.05, 0) is 18.6 Å². The second-order valence-electron chi connectivity index (χ2n) is 6.35. The summed E-state index contributed by atoms with van der Waals surface area (Å²) in [6.45, 7) is 1.72. The number of nitrogens with zero attached hydrogens (tertiary/aromatic N) is 2. The van der Waals surface area contributed by atoms with Crippen molar-refractivity contribution in [3.63, 3.8) is 0 Å². The molecule has 1 aromatic heterocycles. The number of carbonyl (C=O) groups excluding carboxylic acids is 3. The van der Waals surface area contributed by atoms with Crippen LogP contribution in [0.15, 0.2) is 18.2 Å². The van der Waals surface area contributed by atoms with E-state index < -0.39 is 5.92 Å². The number of hydrogen-bond acceptors (Lipinski definition) is 6. The van der Waals surface area contributed by atoms with Crippen LogP contribution in [0.3, 0.4) is 0 Å². The lowest BCUT2D eigenvalue weighted by Crippen LogP contribution is -2.31. The largest absolute Gasteiger partial charge is 0.495 e. The van der Waals surface area contributed by atoms with Crippen LogP contribution >= 0.6 is 11.3 Å². The van der Waals surface area contributed by atoms with E-state index >= 15 is 0 Å². The van der Waals surface area contributed by atoms with Crippen LogP contribution in [0, 0.1) is 6.92 Å². The van der Waals surface area contributed by atoms with Crippen LogP contribution in [0.5, 0.6) is 5.75 Å². The first-order chi connectivity index (χ1) is 12.8. The molecule has 1 aliphatic rings. The van der Waals surface area contributed by atoms with Crippen LogP contribution in [0.1, 0.15) is 33.3 Å². The van der Waals surface area contributed by atoms with Gasteiger partial charge in [-0.15, -0.1) is 0 Å². The molecule has 0 bridgehead atoms. The van der Waals surface area contributed by atoms with Crippen LogP contribution in [0.25, 0.3) is 0 Å². The van der Waals surface area contributed by atoms with E-state index in [2.05, 4.69) is 15.6 Å². The molecule has 9 heteroatoms. The summed E-state index contributed by atoms with van der Waals surface area (Å²) in [6.07, 6.45) is 0.0276. The van der Waals surface area contributed by atoms with Gasteiger partial charge < -0.3 is 20.3 Å². The molecule has 1 aliphatic heterocycles. The van der Waals surface area contributed by atoms with Crippen LogP contribution in [0.2, 0.25) is 0 Å². The molecule has 0 radical (unpaired) electrons. The molecule has 0 fully saturated rings. The van der Waals surface area contributed by atoms with E-state index in [1.165, 1.54) is 12.0 Å². The average molecular weight is 388 g/mol. The number of methoxy groups -OCH3 is 1. The Kier molecular flexibility index (Phi) is 5.13. The number of anilines is 2. The second kappa shape index (κ2) is 7.36. The molecule has 2 N–H and O–H groups in total. The lowest BCUT2D eigenvalue weighted by Gasteiger charge is -2.25. The number of para-hydroxylation sites is 1. The summed E-state index contributed by atoms with van der Waals surface area (Å²) < 4.78 is 5.28. The Morgan fingerprint density at radius 3 is 2.78 bits per heavy atom. The van der Waals surface area contributed by atoms with Gasteiger partial charge in [-0.25, -0.2) is 4.98 Å². The van der Waals surface area contributed by atoms with Gasteiger partial charge in [0.2, 0.25) is 11.8 Å². The molecule has 0 saturated heterocycles. The molecule has 3 rings (SSSR count). The van der Waals surface area contributed by atoms with E-state index in [0.29, 0.717) is 32.7 Å². The maximum Gasteiger partial charge on any atom is 0.265 e. The Morgan fingerprint density at radius 2 is 2.11 bits per heavy atom. The number of benzene rings is 1. The highest BCUT2D eigenvalue weighted by atomic mass is 32.1. The zero-order chi connectivity index (χ0) is 19.7. The number of aromatic nitrogens is 1. The first kappa shape index (κ1) is 18.8. The van der Waals surface area contributed by atoms with E-state index in [0.717, 1.165) is 11.3 Å². The van der Waals surface area contributed by atoms with Crippen molar-refractivity contribution in [3.05, 3.63) is 34.3 Å². The van der Waals surface area contributed by atoms with Crippen LogP contribution in [-0.2, 0) is 9.59 Å². The number of thiazole rings is 1. The Bertz CT molecular complexity index is 922. The molecule has 27 heavy (non-hydrogen) atoms. The number of aryl methyl sites for hydroxylation is 1. The Hall–Kier alpha value is -2.94. The Morgan fingerprint density at radius 1 is 1.37 bits per heavy atom. The molecule has 1 unspecified atom stereocenters. The normalized spacial score (nSPS) is 15.6. The summed E-state index contributed by atoms with van der Waals surface area (Å²) in [5.74, 6) is -0.941. The van der Waals surface area contributed by atoms with Crippen molar-refractivity contribution in [2.24, 2.45) is 0 Å². The monoisotopic (exact) mass is 388 g/mol. The van der Waals surface area contributed by atoms with Crippen molar-refractivity contribution in [1.82, 2.24) is 9.88 Å². The number of fused-ring (bicyclic) bond motifs is 1. The molecule has 0 aliphatic carbocycles. The highest BCUT2D eigenvalue weighted by molar-refractivity contribution is 7.17. The first-order valence-electron chi connectivity index (χ1n) is 8.28. The highest BCUT2D eigenvalue weighted by Crippen LogP contribution is 2.39. The molecule has 8 nitrogen and oxygen atoms in total. The smallest absolute Gasteiger partial charge is 0.265 e. The third-order valence-corrected chi connectivity index (χ3v) is 5.31. The number of amides is 3. The van der Waals surface area contributed by atoms with Gasteiger partial charge in [0.15, 0.2) is 5.13 Å². The topological polar surface area (TPSA) is 101 Å². The van der Waals surface area contributed by atoms with Crippen molar-refractivity contribution in [1.29, 1.82) is 0 Å². The third-order valence-electron chi connectivity index (χ3n) is 4.25. The van der Waals surface area contributed by atoms with Crippen LogP contribution in [-0.4, -0.2) is 48.8 Å². The SMILES string of the molecule is COc1cccc2c1NC(=O)CC2C(=O)Nc1nc(C)c(C(=O)N(C)C)s1. The van der Waals surface area contributed by atoms with Crippen molar-refractivity contribution in [2.45, 2.75) is 19.3 Å². The molecule has 2 aromatic rings. The predicted octanol–water partition coefficient (Wildman–Crippen LogP) is 2.23. The van der Waals surface area contributed by atoms with Gasteiger partial charge in [-0.1, -0.05) is 23.5 Å². The molecule has 0 saturated carbocycles. The van der Waals surface area contributed by atoms with Crippen LogP contribution < -0.4 is 15.4 Å². The van der Waals surface area contributed by atoms with Gasteiger partial charge in [0, 0.05) is 20.5 Å². The standard InChI is InChI=1S/C18H20N4O4S/c1-9-15(17(25)22(2)3)27-18(19-9)21-16(24)11-8-13(23)20-14-10(11)6-5-7-12(14)26-4/h5-7,11H,8H2,1-4H3,(H,20,23)(H,19,21,24). The fraction of sp³-hybridized carbons (Fsp3) is 0.333.